The van der Waals surface area contributed by atoms with E-state index in [2.05, 4.69) is 0 Å². The van der Waals surface area contributed by atoms with Crippen LogP contribution in [0.5, 0.6) is 0 Å². The summed E-state index contributed by atoms with van der Waals surface area (Å²) in [5, 5.41) is 10.0. The Bertz CT molecular complexity index is 463. The molecule has 1 nitrogen and oxygen atoms in total. The zero-order chi connectivity index (χ0) is 15.8. The van der Waals surface area contributed by atoms with E-state index in [9.17, 15) is 27.1 Å². The summed E-state index contributed by atoms with van der Waals surface area (Å²) in [6.07, 6.45) is -7.38. The fourth-order valence-electron chi connectivity index (χ4n) is 1.87. The smallest absolute Gasteiger partial charge is 0.385 e. The summed E-state index contributed by atoms with van der Waals surface area (Å²) < 4.78 is 62.8. The van der Waals surface area contributed by atoms with Crippen molar-refractivity contribution >= 4 is 0 Å². The third-order valence-corrected chi connectivity index (χ3v) is 3.16. The van der Waals surface area contributed by atoms with Crippen LogP contribution in [0.15, 0.2) is 24.3 Å². The Morgan fingerprint density at radius 2 is 1.65 bits per heavy atom. The average Bonchev–Trinajstić information content (AvgIpc) is 2.26. The van der Waals surface area contributed by atoms with Crippen LogP contribution in [0.3, 0.4) is 0 Å². The van der Waals surface area contributed by atoms with E-state index in [1.807, 2.05) is 13.8 Å². The second kappa shape index (κ2) is 5.31. The lowest BCUT2D eigenvalue weighted by molar-refractivity contribution is -0.296. The van der Waals surface area contributed by atoms with Gasteiger partial charge in [-0.05, 0) is 24.0 Å². The molecule has 0 aromatic heterocycles. The number of alkyl halides is 5. The van der Waals surface area contributed by atoms with Crippen LogP contribution in [-0.4, -0.2) is 17.2 Å². The number of aliphatic hydroxyl groups is 1. The first-order chi connectivity index (χ1) is 8.87. The van der Waals surface area contributed by atoms with Gasteiger partial charge in [0.2, 0.25) is 0 Å². The lowest BCUT2D eigenvalue weighted by atomic mass is 9.87. The molecule has 0 saturated carbocycles. The topological polar surface area (TPSA) is 20.2 Å². The van der Waals surface area contributed by atoms with Crippen LogP contribution in [0.4, 0.5) is 22.0 Å². The van der Waals surface area contributed by atoms with E-state index in [1.165, 1.54) is 18.2 Å². The van der Waals surface area contributed by atoms with Crippen molar-refractivity contribution < 1.29 is 27.1 Å². The van der Waals surface area contributed by atoms with Crippen molar-refractivity contribution in [2.45, 2.75) is 50.8 Å². The Balaban J connectivity index is 3.08. The lowest BCUT2D eigenvalue weighted by Crippen LogP contribution is -2.42. The Labute approximate surface area is 114 Å². The van der Waals surface area contributed by atoms with E-state index in [-0.39, 0.29) is 11.5 Å². The molecule has 20 heavy (non-hydrogen) atoms. The first-order valence-electron chi connectivity index (χ1n) is 6.14. The van der Waals surface area contributed by atoms with Gasteiger partial charge < -0.3 is 5.11 Å². The van der Waals surface area contributed by atoms with Gasteiger partial charge in [0, 0.05) is 0 Å². The second-order valence-electron chi connectivity index (χ2n) is 5.43. The van der Waals surface area contributed by atoms with E-state index in [0.717, 1.165) is 12.5 Å². The summed E-state index contributed by atoms with van der Waals surface area (Å²) in [6.45, 7) is 4.68. The van der Waals surface area contributed by atoms with E-state index < -0.39 is 24.1 Å². The van der Waals surface area contributed by atoms with Crippen LogP contribution >= 0.6 is 0 Å². The normalized spacial score (nSPS) is 16.3. The Kier molecular flexibility index (Phi) is 4.49. The standard InChI is InChI=1S/C14H17F5O/c1-9(2)10-5-4-6-11(7-10)12(3,20)8-13(15,16)14(17,18)19/h4-7,9,20H,8H2,1-3H3. The molecule has 6 heteroatoms. The van der Waals surface area contributed by atoms with E-state index >= 15 is 0 Å². The first-order valence-corrected chi connectivity index (χ1v) is 6.14. The van der Waals surface area contributed by atoms with Crippen LogP contribution in [0.1, 0.15) is 44.2 Å². The van der Waals surface area contributed by atoms with E-state index in [0.29, 0.717) is 0 Å². The van der Waals surface area contributed by atoms with E-state index in [4.69, 9.17) is 0 Å². The number of rotatable bonds is 4. The summed E-state index contributed by atoms with van der Waals surface area (Å²) >= 11 is 0. The lowest BCUT2D eigenvalue weighted by Gasteiger charge is -2.30. The molecular weight excluding hydrogens is 279 g/mol. The number of hydrogen-bond donors (Lipinski definition) is 1. The molecule has 0 radical (unpaired) electrons. The molecule has 0 amide bonds. The fraction of sp³-hybridized carbons (Fsp3) is 0.571. The van der Waals surface area contributed by atoms with E-state index in [1.54, 1.807) is 6.07 Å². The monoisotopic (exact) mass is 296 g/mol. The molecule has 114 valence electrons. The van der Waals surface area contributed by atoms with Gasteiger partial charge in [-0.1, -0.05) is 38.1 Å². The molecule has 1 aromatic rings. The van der Waals surface area contributed by atoms with Crippen molar-refractivity contribution in [1.29, 1.82) is 0 Å². The van der Waals surface area contributed by atoms with Crippen LogP contribution in [0, 0.1) is 0 Å². The van der Waals surface area contributed by atoms with Crippen molar-refractivity contribution in [1.82, 2.24) is 0 Å². The maximum Gasteiger partial charge on any atom is 0.453 e. The zero-order valence-corrected chi connectivity index (χ0v) is 11.4. The van der Waals surface area contributed by atoms with Gasteiger partial charge in [0.1, 0.15) is 0 Å². The van der Waals surface area contributed by atoms with Gasteiger partial charge in [0.15, 0.2) is 0 Å². The highest BCUT2D eigenvalue weighted by Gasteiger charge is 2.59. The third-order valence-electron chi connectivity index (χ3n) is 3.16. The third kappa shape index (κ3) is 3.69. The fourth-order valence-corrected chi connectivity index (χ4v) is 1.87. The van der Waals surface area contributed by atoms with Gasteiger partial charge in [-0.25, -0.2) is 0 Å². The van der Waals surface area contributed by atoms with Crippen molar-refractivity contribution in [3.05, 3.63) is 35.4 Å². The van der Waals surface area contributed by atoms with Gasteiger partial charge in [0.05, 0.1) is 12.0 Å². The molecule has 0 fully saturated rings. The molecule has 1 unspecified atom stereocenters. The SMILES string of the molecule is CC(C)c1cccc(C(C)(O)CC(F)(F)C(F)(F)F)c1. The maximum absolute atomic E-state index is 13.1. The van der Waals surface area contributed by atoms with Crippen LogP contribution in [0.2, 0.25) is 0 Å². The van der Waals surface area contributed by atoms with Crippen molar-refractivity contribution in [3.63, 3.8) is 0 Å². The van der Waals surface area contributed by atoms with Gasteiger partial charge in [0.25, 0.3) is 0 Å². The Morgan fingerprint density at radius 3 is 2.10 bits per heavy atom. The van der Waals surface area contributed by atoms with Crippen molar-refractivity contribution in [3.8, 4) is 0 Å². The highest BCUT2D eigenvalue weighted by Crippen LogP contribution is 2.43. The highest BCUT2D eigenvalue weighted by atomic mass is 19.4. The van der Waals surface area contributed by atoms with Gasteiger partial charge in [-0.2, -0.15) is 22.0 Å². The zero-order valence-electron chi connectivity index (χ0n) is 11.4. The van der Waals surface area contributed by atoms with Crippen LogP contribution in [0.25, 0.3) is 0 Å². The number of hydrogen-bond acceptors (Lipinski definition) is 1. The molecule has 1 aromatic carbocycles. The van der Waals surface area contributed by atoms with Gasteiger partial charge in [-0.15, -0.1) is 0 Å². The molecule has 0 spiro atoms. The number of halogens is 5. The minimum Gasteiger partial charge on any atom is -0.385 e. The first kappa shape index (κ1) is 16.9. The van der Waals surface area contributed by atoms with Crippen LogP contribution in [-0.2, 0) is 5.60 Å². The molecular formula is C14H17F5O. The summed E-state index contributed by atoms with van der Waals surface area (Å²) in [5.41, 5.74) is -1.45. The predicted octanol–water partition coefficient (Wildman–Crippen LogP) is 4.61. The predicted molar refractivity (Wildman–Crippen MR) is 65.7 cm³/mol. The maximum atomic E-state index is 13.1. The molecule has 0 aliphatic rings. The summed E-state index contributed by atoms with van der Waals surface area (Å²) in [4.78, 5) is 0. The summed E-state index contributed by atoms with van der Waals surface area (Å²) in [6, 6.07) is 6.06. The van der Waals surface area contributed by atoms with Crippen molar-refractivity contribution in [2.24, 2.45) is 0 Å². The summed E-state index contributed by atoms with van der Waals surface area (Å²) in [5.74, 6) is -4.86. The molecule has 0 heterocycles. The molecule has 0 aliphatic heterocycles. The molecule has 0 aliphatic carbocycles. The second-order valence-corrected chi connectivity index (χ2v) is 5.43. The Hall–Kier alpha value is -1.17. The highest BCUT2D eigenvalue weighted by molar-refractivity contribution is 5.29. The Morgan fingerprint density at radius 1 is 1.10 bits per heavy atom. The van der Waals surface area contributed by atoms with Gasteiger partial charge in [-0.3, -0.25) is 0 Å². The molecule has 1 N–H and O–H groups in total. The quantitative estimate of drug-likeness (QED) is 0.805. The molecule has 0 saturated heterocycles. The number of benzene rings is 1. The van der Waals surface area contributed by atoms with Crippen molar-refractivity contribution in [2.75, 3.05) is 0 Å². The average molecular weight is 296 g/mol. The molecule has 1 atom stereocenters. The largest absolute Gasteiger partial charge is 0.453 e. The minimum atomic E-state index is -5.67. The molecule has 0 bridgehead atoms. The van der Waals surface area contributed by atoms with Crippen LogP contribution < -0.4 is 0 Å². The minimum absolute atomic E-state index is 0.0487. The summed E-state index contributed by atoms with van der Waals surface area (Å²) in [7, 11) is 0. The molecule has 1 rings (SSSR count). The van der Waals surface area contributed by atoms with Gasteiger partial charge >= 0.3 is 12.1 Å².